The summed E-state index contributed by atoms with van der Waals surface area (Å²) in [7, 11) is 0. The van der Waals surface area contributed by atoms with Crippen LogP contribution in [0.3, 0.4) is 0 Å². The van der Waals surface area contributed by atoms with E-state index in [-0.39, 0.29) is 24.2 Å². The van der Waals surface area contributed by atoms with Crippen LogP contribution in [0, 0.1) is 18.7 Å². The number of rotatable bonds is 5. The van der Waals surface area contributed by atoms with Crippen molar-refractivity contribution in [2.45, 2.75) is 25.9 Å². The highest BCUT2D eigenvalue weighted by Crippen LogP contribution is 2.22. The molecular formula is C21H24FNO3. The molecule has 0 bridgehead atoms. The Morgan fingerprint density at radius 2 is 2.04 bits per heavy atom. The Balaban J connectivity index is 1.56. The fourth-order valence-corrected chi connectivity index (χ4v) is 3.28. The van der Waals surface area contributed by atoms with Crippen LogP contribution in [-0.4, -0.2) is 41.7 Å². The summed E-state index contributed by atoms with van der Waals surface area (Å²) >= 11 is 0. The quantitative estimate of drug-likeness (QED) is 0.895. The first-order chi connectivity index (χ1) is 12.5. The van der Waals surface area contributed by atoms with Crippen molar-refractivity contribution < 1.29 is 19.0 Å². The lowest BCUT2D eigenvalue weighted by molar-refractivity contribution is -0.137. The highest BCUT2D eigenvalue weighted by molar-refractivity contribution is 5.77. The lowest BCUT2D eigenvalue weighted by Gasteiger charge is -2.36. The number of hydrogen-bond acceptors (Lipinski definition) is 3. The van der Waals surface area contributed by atoms with Crippen molar-refractivity contribution in [1.29, 1.82) is 0 Å². The molecule has 1 aliphatic heterocycles. The predicted octanol–water partition coefficient (Wildman–Crippen LogP) is 2.97. The zero-order valence-electron chi connectivity index (χ0n) is 14.9. The first-order valence-electron chi connectivity index (χ1n) is 8.91. The number of nitrogens with zero attached hydrogens (tertiary/aromatic N) is 1. The summed E-state index contributed by atoms with van der Waals surface area (Å²) in [5.41, 5.74) is 1.97. The number of likely N-dealkylation sites (tertiary alicyclic amines) is 1. The molecule has 0 spiro atoms. The molecule has 4 nitrogen and oxygen atoms in total. The van der Waals surface area contributed by atoms with Gasteiger partial charge in [0.25, 0.3) is 5.91 Å². The van der Waals surface area contributed by atoms with Crippen molar-refractivity contribution in [3.63, 3.8) is 0 Å². The Morgan fingerprint density at radius 1 is 1.27 bits per heavy atom. The Bertz CT molecular complexity index is 747. The predicted molar refractivity (Wildman–Crippen MR) is 97.5 cm³/mol. The average Bonchev–Trinajstić information content (AvgIpc) is 2.63. The minimum Gasteiger partial charge on any atom is -0.484 e. The number of benzene rings is 2. The molecule has 0 saturated carbocycles. The van der Waals surface area contributed by atoms with E-state index in [1.807, 2.05) is 37.3 Å². The highest BCUT2D eigenvalue weighted by Gasteiger charge is 2.30. The smallest absolute Gasteiger partial charge is 0.260 e. The third-order valence-electron chi connectivity index (χ3n) is 4.82. The Morgan fingerprint density at radius 3 is 2.77 bits per heavy atom. The van der Waals surface area contributed by atoms with E-state index in [4.69, 9.17) is 4.74 Å². The molecule has 0 unspecified atom stereocenters. The van der Waals surface area contributed by atoms with E-state index in [1.54, 1.807) is 11.0 Å². The standard InChI is InChI=1S/C21H24FNO3/c1-15-5-7-19(8-6-15)26-14-21(25)23-10-9-20(24)17(13-23)11-16-3-2-4-18(22)12-16/h2-8,12,17,20,24H,9-11,13-14H2,1H3/t17-,20+/m1/s1. The van der Waals surface area contributed by atoms with Gasteiger partial charge in [-0.25, -0.2) is 4.39 Å². The van der Waals surface area contributed by atoms with Crippen LogP contribution in [0.1, 0.15) is 17.5 Å². The molecule has 0 radical (unpaired) electrons. The van der Waals surface area contributed by atoms with Crippen LogP contribution < -0.4 is 4.74 Å². The van der Waals surface area contributed by atoms with Gasteiger partial charge >= 0.3 is 0 Å². The second-order valence-electron chi connectivity index (χ2n) is 6.89. The van der Waals surface area contributed by atoms with Gasteiger partial charge in [0.15, 0.2) is 6.61 Å². The van der Waals surface area contributed by atoms with Gasteiger partial charge in [0.2, 0.25) is 0 Å². The molecule has 5 heteroatoms. The molecule has 1 heterocycles. The lowest BCUT2D eigenvalue weighted by Crippen LogP contribution is -2.48. The number of aryl methyl sites for hydroxylation is 1. The fraction of sp³-hybridized carbons (Fsp3) is 0.381. The first-order valence-corrected chi connectivity index (χ1v) is 8.91. The Labute approximate surface area is 153 Å². The van der Waals surface area contributed by atoms with Gasteiger partial charge in [-0.1, -0.05) is 29.8 Å². The van der Waals surface area contributed by atoms with Gasteiger partial charge in [-0.15, -0.1) is 0 Å². The molecule has 2 aromatic rings. The normalized spacial score (nSPS) is 20.0. The molecule has 1 N–H and O–H groups in total. The summed E-state index contributed by atoms with van der Waals surface area (Å²) in [6.07, 6.45) is 0.581. The zero-order chi connectivity index (χ0) is 18.5. The van der Waals surface area contributed by atoms with Crippen molar-refractivity contribution in [2.24, 2.45) is 5.92 Å². The van der Waals surface area contributed by atoms with Crippen LogP contribution in [0.5, 0.6) is 5.75 Å². The minimum absolute atomic E-state index is 0.0220. The van der Waals surface area contributed by atoms with Gasteiger partial charge in [-0.2, -0.15) is 0 Å². The molecule has 1 amide bonds. The van der Waals surface area contributed by atoms with E-state index in [0.717, 1.165) is 11.1 Å². The maximum atomic E-state index is 13.4. The molecule has 1 saturated heterocycles. The van der Waals surface area contributed by atoms with Crippen molar-refractivity contribution in [3.8, 4) is 5.75 Å². The van der Waals surface area contributed by atoms with E-state index in [0.29, 0.717) is 31.7 Å². The summed E-state index contributed by atoms with van der Waals surface area (Å²) in [6.45, 7) is 2.93. The number of carbonyl (C=O) groups is 1. The van der Waals surface area contributed by atoms with E-state index in [2.05, 4.69) is 0 Å². The van der Waals surface area contributed by atoms with Crippen LogP contribution in [0.4, 0.5) is 4.39 Å². The molecular weight excluding hydrogens is 333 g/mol. The molecule has 3 rings (SSSR count). The second kappa shape index (κ2) is 8.32. The number of ether oxygens (including phenoxy) is 1. The maximum absolute atomic E-state index is 13.4. The number of carbonyl (C=O) groups excluding carboxylic acids is 1. The molecule has 0 aromatic heterocycles. The van der Waals surface area contributed by atoms with Crippen LogP contribution in [0.15, 0.2) is 48.5 Å². The van der Waals surface area contributed by atoms with Gasteiger partial charge in [0.1, 0.15) is 11.6 Å². The molecule has 0 aliphatic carbocycles. The number of piperidine rings is 1. The number of aliphatic hydroxyl groups excluding tert-OH is 1. The summed E-state index contributed by atoms with van der Waals surface area (Å²) in [4.78, 5) is 14.2. The van der Waals surface area contributed by atoms with Crippen LogP contribution in [-0.2, 0) is 11.2 Å². The van der Waals surface area contributed by atoms with E-state index < -0.39 is 6.10 Å². The molecule has 2 aromatic carbocycles. The summed E-state index contributed by atoms with van der Waals surface area (Å²) < 4.78 is 18.9. The third kappa shape index (κ3) is 4.82. The van der Waals surface area contributed by atoms with Crippen molar-refractivity contribution in [2.75, 3.05) is 19.7 Å². The maximum Gasteiger partial charge on any atom is 0.260 e. The topological polar surface area (TPSA) is 49.8 Å². The molecule has 1 aliphatic rings. The zero-order valence-corrected chi connectivity index (χ0v) is 14.9. The average molecular weight is 357 g/mol. The largest absolute Gasteiger partial charge is 0.484 e. The summed E-state index contributed by atoms with van der Waals surface area (Å²) in [5.74, 6) is 0.181. The fourth-order valence-electron chi connectivity index (χ4n) is 3.28. The van der Waals surface area contributed by atoms with E-state index in [1.165, 1.54) is 12.1 Å². The van der Waals surface area contributed by atoms with Gasteiger partial charge in [0, 0.05) is 19.0 Å². The van der Waals surface area contributed by atoms with E-state index >= 15 is 0 Å². The van der Waals surface area contributed by atoms with Gasteiger partial charge in [0.05, 0.1) is 6.10 Å². The van der Waals surface area contributed by atoms with Gasteiger partial charge in [-0.3, -0.25) is 4.79 Å². The number of aliphatic hydroxyl groups is 1. The molecule has 1 fully saturated rings. The Kier molecular flexibility index (Phi) is 5.89. The SMILES string of the molecule is Cc1ccc(OCC(=O)N2CC[C@H](O)[C@H](Cc3cccc(F)c3)C2)cc1. The molecule has 26 heavy (non-hydrogen) atoms. The number of halogens is 1. The van der Waals surface area contributed by atoms with E-state index in [9.17, 15) is 14.3 Å². The lowest BCUT2D eigenvalue weighted by atomic mass is 9.88. The van der Waals surface area contributed by atoms with Gasteiger partial charge in [-0.05, 0) is 49.6 Å². The molecule has 138 valence electrons. The Hall–Kier alpha value is -2.40. The highest BCUT2D eigenvalue weighted by atomic mass is 19.1. The first kappa shape index (κ1) is 18.4. The van der Waals surface area contributed by atoms with Crippen molar-refractivity contribution >= 4 is 5.91 Å². The number of hydrogen-bond donors (Lipinski definition) is 1. The third-order valence-corrected chi connectivity index (χ3v) is 4.82. The second-order valence-corrected chi connectivity index (χ2v) is 6.89. The van der Waals surface area contributed by atoms with Crippen molar-refractivity contribution in [3.05, 3.63) is 65.5 Å². The van der Waals surface area contributed by atoms with Crippen LogP contribution in [0.25, 0.3) is 0 Å². The molecule has 2 atom stereocenters. The van der Waals surface area contributed by atoms with Gasteiger partial charge < -0.3 is 14.7 Å². The van der Waals surface area contributed by atoms with Crippen LogP contribution >= 0.6 is 0 Å². The summed E-state index contributed by atoms with van der Waals surface area (Å²) in [5, 5.41) is 10.3. The minimum atomic E-state index is -0.486. The van der Waals surface area contributed by atoms with Crippen LogP contribution in [0.2, 0.25) is 0 Å². The summed E-state index contributed by atoms with van der Waals surface area (Å²) in [6, 6.07) is 13.9. The van der Waals surface area contributed by atoms with Crippen molar-refractivity contribution in [1.82, 2.24) is 4.90 Å². The monoisotopic (exact) mass is 357 g/mol. The number of amides is 1.